The molecule has 0 aromatic carbocycles. The first kappa shape index (κ1) is 8.52. The van der Waals surface area contributed by atoms with Gasteiger partial charge in [-0.05, 0) is 45.7 Å². The largest absolute Gasteiger partial charge is 0.312 e. The van der Waals surface area contributed by atoms with E-state index in [0.29, 0.717) is 0 Å². The standard InChI is InChI=1S/C10H20N2/c1-8-5-10(7-12(8)2)11-6-9-3-4-9/h8-11H,3-7H2,1-2H3. The fourth-order valence-electron chi connectivity index (χ4n) is 2.00. The molecule has 2 aliphatic rings. The van der Waals surface area contributed by atoms with Gasteiger partial charge in [0.25, 0.3) is 0 Å². The highest BCUT2D eigenvalue weighted by molar-refractivity contribution is 4.86. The lowest BCUT2D eigenvalue weighted by atomic mass is 10.2. The first-order valence-corrected chi connectivity index (χ1v) is 5.19. The molecule has 70 valence electrons. The quantitative estimate of drug-likeness (QED) is 0.678. The first-order chi connectivity index (χ1) is 5.75. The molecule has 1 aliphatic heterocycles. The molecule has 2 unspecified atom stereocenters. The monoisotopic (exact) mass is 168 g/mol. The second kappa shape index (κ2) is 3.35. The summed E-state index contributed by atoms with van der Waals surface area (Å²) in [6.45, 7) is 4.83. The molecule has 1 N–H and O–H groups in total. The van der Waals surface area contributed by atoms with Crippen molar-refractivity contribution in [1.29, 1.82) is 0 Å². The minimum atomic E-state index is 0.769. The van der Waals surface area contributed by atoms with Crippen LogP contribution in [0.3, 0.4) is 0 Å². The van der Waals surface area contributed by atoms with Crippen molar-refractivity contribution in [2.75, 3.05) is 20.1 Å². The van der Waals surface area contributed by atoms with E-state index < -0.39 is 0 Å². The van der Waals surface area contributed by atoms with Crippen molar-refractivity contribution in [1.82, 2.24) is 10.2 Å². The van der Waals surface area contributed by atoms with Crippen molar-refractivity contribution < 1.29 is 0 Å². The highest BCUT2D eigenvalue weighted by atomic mass is 15.2. The van der Waals surface area contributed by atoms with Crippen LogP contribution in [-0.2, 0) is 0 Å². The fourth-order valence-corrected chi connectivity index (χ4v) is 2.00. The van der Waals surface area contributed by atoms with Crippen molar-refractivity contribution in [2.24, 2.45) is 5.92 Å². The molecule has 2 nitrogen and oxygen atoms in total. The maximum Gasteiger partial charge on any atom is 0.0209 e. The topological polar surface area (TPSA) is 15.3 Å². The average molecular weight is 168 g/mol. The van der Waals surface area contributed by atoms with E-state index in [2.05, 4.69) is 24.2 Å². The van der Waals surface area contributed by atoms with E-state index in [-0.39, 0.29) is 0 Å². The van der Waals surface area contributed by atoms with E-state index in [4.69, 9.17) is 0 Å². The number of hydrogen-bond acceptors (Lipinski definition) is 2. The molecule has 2 atom stereocenters. The zero-order chi connectivity index (χ0) is 8.55. The van der Waals surface area contributed by atoms with Crippen molar-refractivity contribution in [3.63, 3.8) is 0 Å². The number of likely N-dealkylation sites (N-methyl/N-ethyl adjacent to an activating group) is 1. The normalized spacial score (nSPS) is 37.5. The molecule has 2 rings (SSSR count). The highest BCUT2D eigenvalue weighted by Crippen LogP contribution is 2.28. The Morgan fingerprint density at radius 3 is 2.67 bits per heavy atom. The van der Waals surface area contributed by atoms with E-state index in [1.807, 2.05) is 0 Å². The molecule has 1 aliphatic carbocycles. The lowest BCUT2D eigenvalue weighted by molar-refractivity contribution is 0.326. The van der Waals surface area contributed by atoms with Gasteiger partial charge in [-0.15, -0.1) is 0 Å². The number of rotatable bonds is 3. The summed E-state index contributed by atoms with van der Waals surface area (Å²) in [5.74, 6) is 1.02. The van der Waals surface area contributed by atoms with Crippen molar-refractivity contribution in [2.45, 2.75) is 38.3 Å². The van der Waals surface area contributed by atoms with Crippen molar-refractivity contribution in [3.8, 4) is 0 Å². The van der Waals surface area contributed by atoms with Crippen LogP contribution in [0.2, 0.25) is 0 Å². The molecule has 0 aromatic rings. The molecule has 0 aromatic heterocycles. The maximum atomic E-state index is 3.66. The van der Waals surface area contributed by atoms with Gasteiger partial charge in [-0.1, -0.05) is 0 Å². The second-order valence-corrected chi connectivity index (χ2v) is 4.57. The third kappa shape index (κ3) is 1.99. The zero-order valence-electron chi connectivity index (χ0n) is 8.21. The smallest absolute Gasteiger partial charge is 0.0209 e. The molecule has 0 spiro atoms. The van der Waals surface area contributed by atoms with Crippen LogP contribution in [0.25, 0.3) is 0 Å². The van der Waals surface area contributed by atoms with Gasteiger partial charge in [-0.25, -0.2) is 0 Å². The number of hydrogen-bond donors (Lipinski definition) is 1. The Morgan fingerprint density at radius 2 is 2.17 bits per heavy atom. The summed E-state index contributed by atoms with van der Waals surface area (Å²) < 4.78 is 0. The molecule has 0 bridgehead atoms. The minimum absolute atomic E-state index is 0.769. The molecular formula is C10H20N2. The Kier molecular flexibility index (Phi) is 2.37. The molecule has 1 saturated carbocycles. The first-order valence-electron chi connectivity index (χ1n) is 5.19. The Morgan fingerprint density at radius 1 is 1.42 bits per heavy atom. The predicted octanol–water partition coefficient (Wildman–Crippen LogP) is 1.08. The van der Waals surface area contributed by atoms with E-state index in [9.17, 15) is 0 Å². The van der Waals surface area contributed by atoms with E-state index in [0.717, 1.165) is 18.0 Å². The van der Waals surface area contributed by atoms with Crippen LogP contribution in [0.5, 0.6) is 0 Å². The molecular weight excluding hydrogens is 148 g/mol. The van der Waals surface area contributed by atoms with E-state index in [1.165, 1.54) is 32.4 Å². The second-order valence-electron chi connectivity index (χ2n) is 4.57. The molecule has 12 heavy (non-hydrogen) atoms. The molecule has 1 saturated heterocycles. The van der Waals surface area contributed by atoms with Crippen molar-refractivity contribution in [3.05, 3.63) is 0 Å². The Bertz CT molecular complexity index is 144. The van der Waals surface area contributed by atoms with Gasteiger partial charge in [0.1, 0.15) is 0 Å². The van der Waals surface area contributed by atoms with Crippen LogP contribution in [0, 0.1) is 5.92 Å². The van der Waals surface area contributed by atoms with Gasteiger partial charge in [0, 0.05) is 18.6 Å². The number of nitrogens with one attached hydrogen (secondary N) is 1. The van der Waals surface area contributed by atoms with Gasteiger partial charge in [0.2, 0.25) is 0 Å². The fraction of sp³-hybridized carbons (Fsp3) is 1.00. The van der Waals surface area contributed by atoms with E-state index in [1.54, 1.807) is 0 Å². The van der Waals surface area contributed by atoms with Gasteiger partial charge in [0.15, 0.2) is 0 Å². The molecule has 1 heterocycles. The van der Waals surface area contributed by atoms with Gasteiger partial charge in [0.05, 0.1) is 0 Å². The Labute approximate surface area is 75.3 Å². The summed E-state index contributed by atoms with van der Waals surface area (Å²) in [6.07, 6.45) is 4.26. The third-order valence-electron chi connectivity index (χ3n) is 3.28. The van der Waals surface area contributed by atoms with Crippen LogP contribution in [0.1, 0.15) is 26.2 Å². The van der Waals surface area contributed by atoms with Gasteiger partial charge in [-0.3, -0.25) is 0 Å². The van der Waals surface area contributed by atoms with Crippen LogP contribution < -0.4 is 5.32 Å². The summed E-state index contributed by atoms with van der Waals surface area (Å²) in [6, 6.07) is 1.55. The third-order valence-corrected chi connectivity index (χ3v) is 3.28. The highest BCUT2D eigenvalue weighted by Gasteiger charge is 2.28. The SMILES string of the molecule is CC1CC(NCC2CC2)CN1C. The zero-order valence-corrected chi connectivity index (χ0v) is 8.21. The summed E-state index contributed by atoms with van der Waals surface area (Å²) in [5.41, 5.74) is 0. The van der Waals surface area contributed by atoms with Gasteiger partial charge in [-0.2, -0.15) is 0 Å². The predicted molar refractivity (Wildman–Crippen MR) is 51.2 cm³/mol. The Balaban J connectivity index is 1.67. The summed E-state index contributed by atoms with van der Waals surface area (Å²) in [4.78, 5) is 2.45. The lowest BCUT2D eigenvalue weighted by Gasteiger charge is -2.13. The summed E-state index contributed by atoms with van der Waals surface area (Å²) in [7, 11) is 2.23. The lowest BCUT2D eigenvalue weighted by Crippen LogP contribution is -2.32. The molecule has 2 fully saturated rings. The van der Waals surface area contributed by atoms with Gasteiger partial charge < -0.3 is 10.2 Å². The number of likely N-dealkylation sites (tertiary alicyclic amines) is 1. The van der Waals surface area contributed by atoms with Crippen LogP contribution in [0.4, 0.5) is 0 Å². The van der Waals surface area contributed by atoms with Crippen LogP contribution in [0.15, 0.2) is 0 Å². The average Bonchev–Trinajstić information content (AvgIpc) is 2.78. The maximum absolute atomic E-state index is 3.66. The van der Waals surface area contributed by atoms with Crippen molar-refractivity contribution >= 4 is 0 Å². The van der Waals surface area contributed by atoms with E-state index >= 15 is 0 Å². The molecule has 0 amide bonds. The number of nitrogens with zero attached hydrogens (tertiary/aromatic N) is 1. The molecule has 2 heteroatoms. The van der Waals surface area contributed by atoms with Crippen LogP contribution in [-0.4, -0.2) is 37.1 Å². The Hall–Kier alpha value is -0.0800. The molecule has 0 radical (unpaired) electrons. The van der Waals surface area contributed by atoms with Gasteiger partial charge >= 0.3 is 0 Å². The minimum Gasteiger partial charge on any atom is -0.312 e. The van der Waals surface area contributed by atoms with Crippen LogP contribution >= 0.6 is 0 Å². The summed E-state index contributed by atoms with van der Waals surface area (Å²) in [5, 5.41) is 3.66. The summed E-state index contributed by atoms with van der Waals surface area (Å²) >= 11 is 0.